The number of halogens is 1. The molecule has 0 radical (unpaired) electrons. The van der Waals surface area contributed by atoms with Gasteiger partial charge in [-0.25, -0.2) is 4.39 Å². The van der Waals surface area contributed by atoms with Gasteiger partial charge in [0.05, 0.1) is 6.04 Å². The van der Waals surface area contributed by atoms with Crippen molar-refractivity contribution < 1.29 is 13.9 Å². The average molecular weight is 319 g/mol. The zero-order chi connectivity index (χ0) is 15.5. The monoisotopic (exact) mass is 319 g/mol. The quantitative estimate of drug-likeness (QED) is 0.852. The van der Waals surface area contributed by atoms with Gasteiger partial charge < -0.3 is 9.64 Å². The molecule has 1 aliphatic rings. The molecule has 116 valence electrons. The van der Waals surface area contributed by atoms with Crippen molar-refractivity contribution in [1.82, 2.24) is 4.90 Å². The van der Waals surface area contributed by atoms with E-state index < -0.39 is 6.10 Å². The molecule has 1 saturated heterocycles. The summed E-state index contributed by atoms with van der Waals surface area (Å²) in [5, 5.41) is 2.04. The highest BCUT2D eigenvalue weighted by Crippen LogP contribution is 2.35. The predicted octanol–water partition coefficient (Wildman–Crippen LogP) is 4.02. The molecule has 5 heteroatoms. The van der Waals surface area contributed by atoms with Gasteiger partial charge in [0.25, 0.3) is 5.91 Å². The van der Waals surface area contributed by atoms with Crippen LogP contribution in [0.3, 0.4) is 0 Å². The normalized spacial score (nSPS) is 19.2. The van der Waals surface area contributed by atoms with Crippen molar-refractivity contribution in [2.24, 2.45) is 0 Å². The van der Waals surface area contributed by atoms with Crippen molar-refractivity contribution in [3.63, 3.8) is 0 Å². The minimum absolute atomic E-state index is 0.0137. The fourth-order valence-corrected chi connectivity index (χ4v) is 3.68. The number of likely N-dealkylation sites (tertiary alicyclic amines) is 1. The minimum Gasteiger partial charge on any atom is -0.481 e. The van der Waals surface area contributed by atoms with Crippen molar-refractivity contribution in [2.45, 2.75) is 31.9 Å². The van der Waals surface area contributed by atoms with E-state index in [2.05, 4.69) is 6.07 Å². The number of amides is 1. The van der Waals surface area contributed by atoms with Gasteiger partial charge in [0.2, 0.25) is 0 Å². The van der Waals surface area contributed by atoms with Crippen LogP contribution in [-0.4, -0.2) is 23.5 Å². The van der Waals surface area contributed by atoms with Gasteiger partial charge in [-0.1, -0.05) is 6.07 Å². The minimum atomic E-state index is -0.578. The zero-order valence-electron chi connectivity index (χ0n) is 12.4. The first-order valence-electron chi connectivity index (χ1n) is 7.41. The van der Waals surface area contributed by atoms with E-state index in [1.54, 1.807) is 30.4 Å². The van der Waals surface area contributed by atoms with E-state index in [1.807, 2.05) is 16.3 Å². The van der Waals surface area contributed by atoms with Crippen LogP contribution in [0.2, 0.25) is 0 Å². The van der Waals surface area contributed by atoms with Crippen LogP contribution in [0.15, 0.2) is 41.8 Å². The summed E-state index contributed by atoms with van der Waals surface area (Å²) in [4.78, 5) is 15.8. The fourth-order valence-electron chi connectivity index (χ4n) is 2.81. The number of carbonyl (C=O) groups is 1. The number of rotatable bonds is 4. The van der Waals surface area contributed by atoms with Crippen LogP contribution in [0.5, 0.6) is 5.75 Å². The fraction of sp³-hybridized carbons (Fsp3) is 0.353. The Hall–Kier alpha value is -1.88. The molecule has 3 rings (SSSR count). The number of ether oxygens (including phenoxy) is 1. The highest BCUT2D eigenvalue weighted by atomic mass is 32.1. The Morgan fingerprint density at radius 2 is 2.14 bits per heavy atom. The Morgan fingerprint density at radius 1 is 1.36 bits per heavy atom. The smallest absolute Gasteiger partial charge is 0.263 e. The van der Waals surface area contributed by atoms with Crippen molar-refractivity contribution in [2.75, 3.05) is 6.54 Å². The van der Waals surface area contributed by atoms with Crippen LogP contribution in [0.4, 0.5) is 4.39 Å². The van der Waals surface area contributed by atoms with Crippen LogP contribution in [-0.2, 0) is 4.79 Å². The Balaban J connectivity index is 1.68. The summed E-state index contributed by atoms with van der Waals surface area (Å²) in [5.41, 5.74) is 0. The van der Waals surface area contributed by atoms with Gasteiger partial charge in [-0.2, -0.15) is 0 Å². The van der Waals surface area contributed by atoms with Crippen LogP contribution in [0, 0.1) is 5.82 Å². The Kier molecular flexibility index (Phi) is 4.43. The topological polar surface area (TPSA) is 29.5 Å². The number of nitrogens with zero attached hydrogens (tertiary/aromatic N) is 1. The van der Waals surface area contributed by atoms with Gasteiger partial charge >= 0.3 is 0 Å². The third-order valence-electron chi connectivity index (χ3n) is 3.88. The Bertz CT molecular complexity index is 627. The van der Waals surface area contributed by atoms with Gasteiger partial charge in [-0.05, 0) is 55.5 Å². The number of hydrogen-bond donors (Lipinski definition) is 0. The van der Waals surface area contributed by atoms with E-state index in [0.29, 0.717) is 5.75 Å². The van der Waals surface area contributed by atoms with Crippen LogP contribution in [0.1, 0.15) is 30.7 Å². The maximum atomic E-state index is 12.9. The van der Waals surface area contributed by atoms with Crippen molar-refractivity contribution >= 4 is 17.2 Å². The number of carbonyl (C=O) groups excluding carboxylic acids is 1. The first-order chi connectivity index (χ1) is 10.6. The molecular weight excluding hydrogens is 301 g/mol. The average Bonchev–Trinajstić information content (AvgIpc) is 3.19. The summed E-state index contributed by atoms with van der Waals surface area (Å²) >= 11 is 1.68. The first-order valence-corrected chi connectivity index (χ1v) is 8.29. The molecule has 1 aromatic heterocycles. The maximum Gasteiger partial charge on any atom is 0.263 e. The number of benzene rings is 1. The molecule has 0 unspecified atom stereocenters. The molecule has 0 aliphatic carbocycles. The lowest BCUT2D eigenvalue weighted by molar-refractivity contribution is -0.138. The van der Waals surface area contributed by atoms with Crippen LogP contribution in [0.25, 0.3) is 0 Å². The molecule has 0 bridgehead atoms. The standard InChI is InChI=1S/C17H18FNO2S/c1-12(21-14-8-6-13(18)7-9-14)17(20)19-10-2-4-15(19)16-5-3-11-22-16/h3,5-9,11-12,15H,2,4,10H2,1H3/t12-,15-/m0/s1. The molecule has 0 saturated carbocycles. The molecule has 2 atom stereocenters. The van der Waals surface area contributed by atoms with Gasteiger partial charge in [-0.15, -0.1) is 11.3 Å². The van der Waals surface area contributed by atoms with E-state index in [9.17, 15) is 9.18 Å². The SMILES string of the molecule is C[C@H](Oc1ccc(F)cc1)C(=O)N1CCC[C@H]1c1cccs1. The summed E-state index contributed by atoms with van der Waals surface area (Å²) in [5.74, 6) is 0.179. The van der Waals surface area contributed by atoms with E-state index in [1.165, 1.54) is 17.0 Å². The molecule has 1 aliphatic heterocycles. The lowest BCUT2D eigenvalue weighted by atomic mass is 10.2. The highest BCUT2D eigenvalue weighted by Gasteiger charge is 2.33. The van der Waals surface area contributed by atoms with Gasteiger partial charge in [0.15, 0.2) is 6.10 Å². The predicted molar refractivity (Wildman–Crippen MR) is 84.5 cm³/mol. The second-order valence-corrected chi connectivity index (χ2v) is 6.40. The summed E-state index contributed by atoms with van der Waals surface area (Å²) < 4.78 is 18.6. The Morgan fingerprint density at radius 3 is 2.82 bits per heavy atom. The second-order valence-electron chi connectivity index (χ2n) is 5.42. The van der Waals surface area contributed by atoms with E-state index in [0.717, 1.165) is 19.4 Å². The van der Waals surface area contributed by atoms with E-state index in [-0.39, 0.29) is 17.8 Å². The number of thiophene rings is 1. The Labute approximate surface area is 133 Å². The molecule has 2 aromatic rings. The third kappa shape index (κ3) is 3.14. The third-order valence-corrected chi connectivity index (χ3v) is 4.86. The van der Waals surface area contributed by atoms with Crippen molar-refractivity contribution in [3.05, 3.63) is 52.5 Å². The van der Waals surface area contributed by atoms with Crippen LogP contribution < -0.4 is 4.74 Å². The molecule has 1 aromatic carbocycles. The summed E-state index contributed by atoms with van der Waals surface area (Å²) in [6, 6.07) is 9.99. The zero-order valence-corrected chi connectivity index (χ0v) is 13.2. The second kappa shape index (κ2) is 6.48. The van der Waals surface area contributed by atoms with Gasteiger partial charge in [0.1, 0.15) is 11.6 Å². The van der Waals surface area contributed by atoms with Gasteiger partial charge in [-0.3, -0.25) is 4.79 Å². The molecule has 22 heavy (non-hydrogen) atoms. The molecule has 0 spiro atoms. The largest absolute Gasteiger partial charge is 0.481 e. The van der Waals surface area contributed by atoms with Crippen molar-refractivity contribution in [3.8, 4) is 5.75 Å². The highest BCUT2D eigenvalue weighted by molar-refractivity contribution is 7.10. The summed E-state index contributed by atoms with van der Waals surface area (Å²) in [6.45, 7) is 2.51. The molecule has 2 heterocycles. The molecular formula is C17H18FNO2S. The van der Waals surface area contributed by atoms with Gasteiger partial charge in [0, 0.05) is 11.4 Å². The molecule has 0 N–H and O–H groups in total. The summed E-state index contributed by atoms with van der Waals surface area (Å²) in [6.07, 6.45) is 1.43. The summed E-state index contributed by atoms with van der Waals surface area (Å²) in [7, 11) is 0. The van der Waals surface area contributed by atoms with E-state index in [4.69, 9.17) is 4.74 Å². The lowest BCUT2D eigenvalue weighted by Crippen LogP contribution is -2.39. The van der Waals surface area contributed by atoms with Crippen molar-refractivity contribution in [1.29, 1.82) is 0 Å². The van der Waals surface area contributed by atoms with E-state index >= 15 is 0 Å². The number of hydrogen-bond acceptors (Lipinski definition) is 3. The molecule has 3 nitrogen and oxygen atoms in total. The maximum absolute atomic E-state index is 12.9. The van der Waals surface area contributed by atoms with Crippen LogP contribution >= 0.6 is 11.3 Å². The molecule has 1 fully saturated rings. The molecule has 1 amide bonds. The lowest BCUT2D eigenvalue weighted by Gasteiger charge is -2.27. The first kappa shape index (κ1) is 15.0.